The van der Waals surface area contributed by atoms with Gasteiger partial charge in [-0.1, -0.05) is 30.3 Å². The van der Waals surface area contributed by atoms with Crippen LogP contribution in [0, 0.1) is 11.7 Å². The molecule has 3 N–H and O–H groups in total. The fourth-order valence-corrected chi connectivity index (χ4v) is 2.47. The number of rotatable bonds is 3. The van der Waals surface area contributed by atoms with Crippen molar-refractivity contribution in [3.8, 4) is 0 Å². The van der Waals surface area contributed by atoms with E-state index in [-0.39, 0.29) is 11.9 Å². The lowest BCUT2D eigenvalue weighted by atomic mass is 9.96. The normalized spacial score (nSPS) is 17.3. The molecule has 0 heterocycles. The van der Waals surface area contributed by atoms with Crippen molar-refractivity contribution >= 4 is 10.8 Å². The van der Waals surface area contributed by atoms with E-state index in [9.17, 15) is 4.39 Å². The van der Waals surface area contributed by atoms with Crippen molar-refractivity contribution in [3.05, 3.63) is 47.8 Å². The van der Waals surface area contributed by atoms with Gasteiger partial charge in [-0.05, 0) is 35.8 Å². The van der Waals surface area contributed by atoms with Gasteiger partial charge in [-0.3, -0.25) is 11.3 Å². The quantitative estimate of drug-likeness (QED) is 0.628. The Labute approximate surface area is 99.6 Å². The third kappa shape index (κ3) is 1.81. The Balaban J connectivity index is 2.18. The lowest BCUT2D eigenvalue weighted by Gasteiger charge is -2.18. The Kier molecular flexibility index (Phi) is 2.57. The maximum absolute atomic E-state index is 13.7. The molecule has 1 aliphatic rings. The number of nitrogens with two attached hydrogens (primary N) is 1. The van der Waals surface area contributed by atoms with Crippen molar-refractivity contribution in [1.82, 2.24) is 5.43 Å². The summed E-state index contributed by atoms with van der Waals surface area (Å²) < 4.78 is 13.7. The lowest BCUT2D eigenvalue weighted by Crippen LogP contribution is -2.29. The molecule has 2 aromatic rings. The van der Waals surface area contributed by atoms with E-state index >= 15 is 0 Å². The van der Waals surface area contributed by atoms with E-state index < -0.39 is 0 Å². The monoisotopic (exact) mass is 230 g/mol. The molecule has 88 valence electrons. The minimum atomic E-state index is -0.170. The molecule has 3 heteroatoms. The summed E-state index contributed by atoms with van der Waals surface area (Å²) in [5.41, 5.74) is 3.97. The van der Waals surface area contributed by atoms with E-state index in [4.69, 9.17) is 5.84 Å². The summed E-state index contributed by atoms with van der Waals surface area (Å²) in [7, 11) is 0. The van der Waals surface area contributed by atoms with Crippen LogP contribution in [0.4, 0.5) is 4.39 Å². The third-order valence-electron chi connectivity index (χ3n) is 3.51. The lowest BCUT2D eigenvalue weighted by molar-refractivity contribution is 0.499. The smallest absolute Gasteiger partial charge is 0.131 e. The summed E-state index contributed by atoms with van der Waals surface area (Å²) in [4.78, 5) is 0. The molecule has 0 radical (unpaired) electrons. The van der Waals surface area contributed by atoms with E-state index in [0.29, 0.717) is 11.3 Å². The molecule has 2 aromatic carbocycles. The molecule has 1 unspecified atom stereocenters. The average molecular weight is 230 g/mol. The summed E-state index contributed by atoms with van der Waals surface area (Å²) in [5.74, 6) is 6.05. The van der Waals surface area contributed by atoms with E-state index in [2.05, 4.69) is 5.43 Å². The van der Waals surface area contributed by atoms with E-state index in [1.807, 2.05) is 30.3 Å². The minimum absolute atomic E-state index is 0.139. The van der Waals surface area contributed by atoms with Gasteiger partial charge < -0.3 is 0 Å². The summed E-state index contributed by atoms with van der Waals surface area (Å²) in [6.07, 6.45) is 2.39. The van der Waals surface area contributed by atoms with E-state index in [1.54, 1.807) is 0 Å². The molecule has 0 aromatic heterocycles. The van der Waals surface area contributed by atoms with Gasteiger partial charge in [0, 0.05) is 11.4 Å². The van der Waals surface area contributed by atoms with Crippen LogP contribution in [-0.4, -0.2) is 0 Å². The van der Waals surface area contributed by atoms with Gasteiger partial charge in [-0.15, -0.1) is 0 Å². The molecule has 0 spiro atoms. The zero-order valence-electron chi connectivity index (χ0n) is 9.49. The zero-order chi connectivity index (χ0) is 11.8. The van der Waals surface area contributed by atoms with Crippen LogP contribution in [0.3, 0.4) is 0 Å². The first-order valence-corrected chi connectivity index (χ1v) is 5.94. The molecular formula is C14H15FN2. The summed E-state index contributed by atoms with van der Waals surface area (Å²) >= 11 is 0. The number of halogens is 1. The van der Waals surface area contributed by atoms with Gasteiger partial charge >= 0.3 is 0 Å². The van der Waals surface area contributed by atoms with Crippen LogP contribution in [0.5, 0.6) is 0 Å². The van der Waals surface area contributed by atoms with Gasteiger partial charge in [0.1, 0.15) is 5.82 Å². The van der Waals surface area contributed by atoms with Crippen molar-refractivity contribution in [3.63, 3.8) is 0 Å². The van der Waals surface area contributed by atoms with Crippen molar-refractivity contribution in [1.29, 1.82) is 0 Å². The van der Waals surface area contributed by atoms with E-state index in [1.165, 1.54) is 18.9 Å². The van der Waals surface area contributed by atoms with Crippen molar-refractivity contribution in [2.24, 2.45) is 11.8 Å². The fraction of sp³-hybridized carbons (Fsp3) is 0.286. The van der Waals surface area contributed by atoms with Crippen LogP contribution in [0.25, 0.3) is 10.8 Å². The number of fused-ring (bicyclic) bond motifs is 1. The first-order chi connectivity index (χ1) is 8.31. The molecule has 1 saturated carbocycles. The second-order valence-corrected chi connectivity index (χ2v) is 4.66. The molecular weight excluding hydrogens is 215 g/mol. The Morgan fingerprint density at radius 3 is 2.47 bits per heavy atom. The van der Waals surface area contributed by atoms with Crippen LogP contribution < -0.4 is 11.3 Å². The summed E-state index contributed by atoms with van der Waals surface area (Å²) in [5, 5.41) is 1.63. The molecule has 0 aliphatic heterocycles. The van der Waals surface area contributed by atoms with Gasteiger partial charge in [0.15, 0.2) is 0 Å². The van der Waals surface area contributed by atoms with Gasteiger partial charge in [0.05, 0.1) is 0 Å². The van der Waals surface area contributed by atoms with Crippen LogP contribution in [0.1, 0.15) is 24.4 Å². The number of nitrogens with one attached hydrogen (secondary N) is 1. The molecule has 1 atom stereocenters. The second kappa shape index (κ2) is 4.09. The Hall–Kier alpha value is -1.45. The third-order valence-corrected chi connectivity index (χ3v) is 3.51. The maximum atomic E-state index is 13.7. The minimum Gasteiger partial charge on any atom is -0.271 e. The zero-order valence-corrected chi connectivity index (χ0v) is 9.49. The first-order valence-electron chi connectivity index (χ1n) is 5.94. The predicted octanol–water partition coefficient (Wildman–Crippen LogP) is 2.89. The van der Waals surface area contributed by atoms with E-state index in [0.717, 1.165) is 10.9 Å². The van der Waals surface area contributed by atoms with Gasteiger partial charge in [0.2, 0.25) is 0 Å². The van der Waals surface area contributed by atoms with Crippen molar-refractivity contribution in [2.45, 2.75) is 18.9 Å². The molecule has 1 fully saturated rings. The highest BCUT2D eigenvalue weighted by Gasteiger charge is 2.32. The maximum Gasteiger partial charge on any atom is 0.131 e. The highest BCUT2D eigenvalue weighted by atomic mass is 19.1. The molecule has 0 amide bonds. The van der Waals surface area contributed by atoms with Gasteiger partial charge in [0.25, 0.3) is 0 Å². The van der Waals surface area contributed by atoms with Crippen LogP contribution in [0.15, 0.2) is 36.4 Å². The largest absolute Gasteiger partial charge is 0.271 e. The fourth-order valence-electron chi connectivity index (χ4n) is 2.47. The Morgan fingerprint density at radius 2 is 1.82 bits per heavy atom. The standard InChI is InChI=1S/C14H15FN2/c15-13-8-7-12(14(17-16)9-5-6-9)10-3-1-2-4-11(10)13/h1-4,7-9,14,17H,5-6,16H2. The summed E-state index contributed by atoms with van der Waals surface area (Å²) in [6.45, 7) is 0. The first kappa shape index (κ1) is 10.7. The molecule has 1 aliphatic carbocycles. The Bertz CT molecular complexity index is 549. The number of hydrogen-bond donors (Lipinski definition) is 2. The second-order valence-electron chi connectivity index (χ2n) is 4.66. The molecule has 3 rings (SSSR count). The SMILES string of the molecule is NNC(c1ccc(F)c2ccccc12)C1CC1. The van der Waals surface area contributed by atoms with Crippen molar-refractivity contribution < 1.29 is 4.39 Å². The highest BCUT2D eigenvalue weighted by Crippen LogP contribution is 2.42. The molecule has 0 bridgehead atoms. The number of hydrazine groups is 1. The number of benzene rings is 2. The topological polar surface area (TPSA) is 38.0 Å². The molecule has 0 saturated heterocycles. The van der Waals surface area contributed by atoms with Gasteiger partial charge in [-0.2, -0.15) is 0 Å². The highest BCUT2D eigenvalue weighted by molar-refractivity contribution is 5.86. The van der Waals surface area contributed by atoms with Crippen molar-refractivity contribution in [2.75, 3.05) is 0 Å². The summed E-state index contributed by atoms with van der Waals surface area (Å²) in [6, 6.07) is 11.1. The van der Waals surface area contributed by atoms with Gasteiger partial charge in [-0.25, -0.2) is 4.39 Å². The molecule has 17 heavy (non-hydrogen) atoms. The predicted molar refractivity (Wildman–Crippen MR) is 66.7 cm³/mol. The number of hydrogen-bond acceptors (Lipinski definition) is 2. The Morgan fingerprint density at radius 1 is 1.12 bits per heavy atom. The average Bonchev–Trinajstić information content (AvgIpc) is 3.18. The molecule has 2 nitrogen and oxygen atoms in total. The van der Waals surface area contributed by atoms with Crippen LogP contribution in [-0.2, 0) is 0 Å². The van der Waals surface area contributed by atoms with Crippen LogP contribution >= 0.6 is 0 Å². The van der Waals surface area contributed by atoms with Crippen LogP contribution in [0.2, 0.25) is 0 Å².